The summed E-state index contributed by atoms with van der Waals surface area (Å²) in [6.45, 7) is 2.15. The van der Waals surface area contributed by atoms with Crippen LogP contribution >= 0.6 is 0 Å². The van der Waals surface area contributed by atoms with E-state index in [-0.39, 0.29) is 6.61 Å². The second-order valence-corrected chi connectivity index (χ2v) is 7.61. The fourth-order valence-electron chi connectivity index (χ4n) is 2.55. The van der Waals surface area contributed by atoms with E-state index in [2.05, 4.69) is 23.3 Å². The smallest absolute Gasteiger partial charge is 0.284 e. The lowest BCUT2D eigenvalue weighted by molar-refractivity contribution is -0.0473. The molecule has 0 rings (SSSR count). The number of halogens is 3. The van der Waals surface area contributed by atoms with Gasteiger partial charge in [0.25, 0.3) is 11.1 Å². The van der Waals surface area contributed by atoms with E-state index in [9.17, 15) is 17.4 Å². The van der Waals surface area contributed by atoms with Gasteiger partial charge in [-0.2, -0.15) is 13.2 Å². The van der Waals surface area contributed by atoms with Crippen molar-refractivity contribution in [2.45, 2.75) is 102 Å². The molecule has 0 spiro atoms. The Morgan fingerprint density at radius 1 is 0.760 bits per heavy atom. The van der Waals surface area contributed by atoms with Crippen LogP contribution in [0.4, 0.5) is 13.2 Å². The summed E-state index contributed by atoms with van der Waals surface area (Å²) in [7, 11) is 0. The Bertz CT molecular complexity index is 344. The van der Waals surface area contributed by atoms with Gasteiger partial charge < -0.3 is 0 Å². The zero-order chi connectivity index (χ0) is 18.8. The minimum atomic E-state index is -4.76. The van der Waals surface area contributed by atoms with Gasteiger partial charge in [0.15, 0.2) is 0 Å². The molecule has 0 aromatic carbocycles. The predicted molar refractivity (Wildman–Crippen MR) is 99.6 cm³/mol. The Kier molecular flexibility index (Phi) is 16.8. The Labute approximate surface area is 154 Å². The van der Waals surface area contributed by atoms with Crippen LogP contribution in [0.5, 0.6) is 0 Å². The highest BCUT2D eigenvalue weighted by atomic mass is 32.2. The highest BCUT2D eigenvalue weighted by Crippen LogP contribution is 2.21. The average molecular weight is 385 g/mol. The summed E-state index contributed by atoms with van der Waals surface area (Å²) in [5.41, 5.74) is -4.76. The van der Waals surface area contributed by atoms with Crippen LogP contribution < -0.4 is 0 Å². The van der Waals surface area contributed by atoms with Crippen molar-refractivity contribution in [3.05, 3.63) is 12.2 Å². The first-order valence-electron chi connectivity index (χ1n) is 9.75. The van der Waals surface area contributed by atoms with Crippen molar-refractivity contribution in [2.24, 2.45) is 0 Å². The van der Waals surface area contributed by atoms with Crippen LogP contribution in [0.2, 0.25) is 0 Å². The molecule has 0 heterocycles. The van der Waals surface area contributed by atoms with Crippen LogP contribution in [0.3, 0.4) is 0 Å². The van der Waals surface area contributed by atoms with Crippen molar-refractivity contribution in [3.8, 4) is 0 Å². The molecule has 25 heavy (non-hydrogen) atoms. The standard InChI is InChI=1S/C19H35F3O2S/c1-2-3-4-5-6-7-8-9-10-11-12-13-14-15-16-17-18-24-25(23)19(20,21)22/h9-10H,2-8,11-18H2,1H3/b10-9-. The highest BCUT2D eigenvalue weighted by molar-refractivity contribution is 7.81. The van der Waals surface area contributed by atoms with Gasteiger partial charge in [0.1, 0.15) is 0 Å². The van der Waals surface area contributed by atoms with Crippen molar-refractivity contribution in [1.82, 2.24) is 0 Å². The van der Waals surface area contributed by atoms with E-state index >= 15 is 0 Å². The van der Waals surface area contributed by atoms with Gasteiger partial charge in [-0.25, -0.2) is 4.21 Å². The molecule has 0 N–H and O–H groups in total. The monoisotopic (exact) mass is 384 g/mol. The average Bonchev–Trinajstić information content (AvgIpc) is 2.56. The number of allylic oxidation sites excluding steroid dienone is 2. The molecule has 0 aliphatic carbocycles. The third kappa shape index (κ3) is 18.2. The van der Waals surface area contributed by atoms with E-state index in [0.717, 1.165) is 32.1 Å². The topological polar surface area (TPSA) is 26.3 Å². The van der Waals surface area contributed by atoms with Crippen molar-refractivity contribution >= 4 is 11.1 Å². The first-order valence-corrected chi connectivity index (χ1v) is 10.8. The van der Waals surface area contributed by atoms with E-state index in [0.29, 0.717) is 6.42 Å². The predicted octanol–water partition coefficient (Wildman–Crippen LogP) is 7.22. The van der Waals surface area contributed by atoms with Gasteiger partial charge in [-0.1, -0.05) is 76.9 Å². The fourth-order valence-corrected chi connectivity index (χ4v) is 2.95. The highest BCUT2D eigenvalue weighted by Gasteiger charge is 2.38. The number of rotatable bonds is 17. The summed E-state index contributed by atoms with van der Waals surface area (Å²) in [4.78, 5) is 0. The molecule has 0 fully saturated rings. The lowest BCUT2D eigenvalue weighted by atomic mass is 10.1. The Morgan fingerprint density at radius 3 is 1.68 bits per heavy atom. The van der Waals surface area contributed by atoms with Crippen LogP contribution in [0.15, 0.2) is 12.2 Å². The number of hydrogen-bond donors (Lipinski definition) is 0. The molecule has 0 aromatic heterocycles. The zero-order valence-electron chi connectivity index (χ0n) is 15.6. The molecule has 150 valence electrons. The Morgan fingerprint density at radius 2 is 1.20 bits per heavy atom. The Balaban J connectivity index is 3.21. The van der Waals surface area contributed by atoms with Crippen molar-refractivity contribution < 1.29 is 21.6 Å². The molecule has 0 saturated carbocycles. The van der Waals surface area contributed by atoms with Gasteiger partial charge in [0.05, 0.1) is 6.61 Å². The summed E-state index contributed by atoms with van der Waals surface area (Å²) in [6, 6.07) is 0. The van der Waals surface area contributed by atoms with Crippen LogP contribution in [0.25, 0.3) is 0 Å². The molecule has 1 unspecified atom stereocenters. The molecule has 2 nitrogen and oxygen atoms in total. The molecule has 0 aromatic rings. The van der Waals surface area contributed by atoms with E-state index in [1.165, 1.54) is 51.4 Å². The second kappa shape index (κ2) is 17.1. The number of hydrogen-bond acceptors (Lipinski definition) is 2. The van der Waals surface area contributed by atoms with Gasteiger partial charge in [0.2, 0.25) is 0 Å². The third-order valence-corrected chi connectivity index (χ3v) is 4.79. The molecule has 0 bridgehead atoms. The fraction of sp³-hybridized carbons (Fsp3) is 0.895. The summed E-state index contributed by atoms with van der Waals surface area (Å²) in [5, 5.41) is 0. The molecule has 6 heteroatoms. The first kappa shape index (κ1) is 24.6. The summed E-state index contributed by atoms with van der Waals surface area (Å²) < 4.78 is 50.6. The van der Waals surface area contributed by atoms with Gasteiger partial charge in [0, 0.05) is 0 Å². The van der Waals surface area contributed by atoms with Gasteiger partial charge in [-0.15, -0.1) is 0 Å². The molecule has 0 aliphatic heterocycles. The molecule has 0 aliphatic rings. The van der Waals surface area contributed by atoms with Crippen LogP contribution in [-0.4, -0.2) is 16.3 Å². The molecule has 0 radical (unpaired) electrons. The molecular weight excluding hydrogens is 349 g/mol. The van der Waals surface area contributed by atoms with Crippen LogP contribution in [-0.2, 0) is 15.3 Å². The Hall–Kier alpha value is -0.360. The maximum absolute atomic E-state index is 11.9. The molecular formula is C19H35F3O2S. The van der Waals surface area contributed by atoms with E-state index < -0.39 is 16.6 Å². The quantitative estimate of drug-likeness (QED) is 0.195. The number of unbranched alkanes of at least 4 members (excludes halogenated alkanes) is 12. The minimum absolute atomic E-state index is 0.0900. The van der Waals surface area contributed by atoms with E-state index in [4.69, 9.17) is 0 Å². The first-order chi connectivity index (χ1) is 12.0. The largest absolute Gasteiger partial charge is 0.497 e. The summed E-state index contributed by atoms with van der Waals surface area (Å²) >= 11 is -3.16. The second-order valence-electron chi connectivity index (χ2n) is 6.44. The molecule has 0 saturated heterocycles. The van der Waals surface area contributed by atoms with Crippen molar-refractivity contribution in [3.63, 3.8) is 0 Å². The third-order valence-electron chi connectivity index (χ3n) is 4.04. The van der Waals surface area contributed by atoms with Crippen LogP contribution in [0, 0.1) is 0 Å². The zero-order valence-corrected chi connectivity index (χ0v) is 16.4. The van der Waals surface area contributed by atoms with Gasteiger partial charge >= 0.3 is 5.51 Å². The maximum Gasteiger partial charge on any atom is 0.497 e. The minimum Gasteiger partial charge on any atom is -0.284 e. The van der Waals surface area contributed by atoms with Gasteiger partial charge in [-0.05, 0) is 32.1 Å². The van der Waals surface area contributed by atoms with E-state index in [1.54, 1.807) is 0 Å². The van der Waals surface area contributed by atoms with Crippen molar-refractivity contribution in [1.29, 1.82) is 0 Å². The molecule has 0 amide bonds. The maximum atomic E-state index is 11.9. The number of alkyl halides is 3. The summed E-state index contributed by atoms with van der Waals surface area (Å²) in [6.07, 6.45) is 20.6. The van der Waals surface area contributed by atoms with Crippen molar-refractivity contribution in [2.75, 3.05) is 6.61 Å². The SMILES string of the molecule is CCCCCCCC/C=C\CCCCCCCCOS(=O)C(F)(F)F. The normalized spacial score (nSPS) is 13.6. The lowest BCUT2D eigenvalue weighted by Crippen LogP contribution is -2.18. The van der Waals surface area contributed by atoms with E-state index in [1.807, 2.05) is 0 Å². The van der Waals surface area contributed by atoms with Gasteiger partial charge in [-0.3, -0.25) is 4.18 Å². The van der Waals surface area contributed by atoms with Crippen LogP contribution in [0.1, 0.15) is 96.8 Å². The molecule has 1 atom stereocenters. The summed E-state index contributed by atoms with van der Waals surface area (Å²) in [5.74, 6) is 0. The lowest BCUT2D eigenvalue weighted by Gasteiger charge is -2.06.